The standard InChI is InChI=1S/C13H16N4O2/c1-8(5-9-3-2-4-19-9)17-11-7-16-12(14)6-10(11)13(15)18/h2-4,6-8,17H,5H2,1H3,(H2,14,16)(H2,15,18). The number of nitrogens with one attached hydrogen (secondary N) is 1. The molecule has 1 unspecified atom stereocenters. The number of nitrogen functional groups attached to an aromatic ring is 1. The maximum Gasteiger partial charge on any atom is 0.250 e. The summed E-state index contributed by atoms with van der Waals surface area (Å²) in [6.07, 6.45) is 3.82. The number of rotatable bonds is 5. The van der Waals surface area contributed by atoms with Gasteiger partial charge in [-0.15, -0.1) is 0 Å². The van der Waals surface area contributed by atoms with Crippen LogP contribution in [0, 0.1) is 0 Å². The summed E-state index contributed by atoms with van der Waals surface area (Å²) < 4.78 is 5.27. The number of furan rings is 1. The molecule has 5 N–H and O–H groups in total. The van der Waals surface area contributed by atoms with Crippen molar-refractivity contribution < 1.29 is 9.21 Å². The molecule has 0 bridgehead atoms. The van der Waals surface area contributed by atoms with Gasteiger partial charge in [-0.05, 0) is 25.1 Å². The number of amides is 1. The molecule has 0 aliphatic heterocycles. The number of pyridine rings is 1. The first-order chi connectivity index (χ1) is 9.06. The third-order valence-electron chi connectivity index (χ3n) is 2.68. The van der Waals surface area contributed by atoms with E-state index in [0.717, 1.165) is 5.76 Å². The van der Waals surface area contributed by atoms with E-state index in [2.05, 4.69) is 10.3 Å². The molecule has 0 fully saturated rings. The minimum Gasteiger partial charge on any atom is -0.469 e. The fourth-order valence-electron chi connectivity index (χ4n) is 1.84. The van der Waals surface area contributed by atoms with Crippen molar-refractivity contribution in [2.75, 3.05) is 11.1 Å². The van der Waals surface area contributed by atoms with Crippen LogP contribution in [0.2, 0.25) is 0 Å². The Kier molecular flexibility index (Phi) is 3.70. The highest BCUT2D eigenvalue weighted by molar-refractivity contribution is 5.99. The molecular formula is C13H16N4O2. The van der Waals surface area contributed by atoms with Crippen molar-refractivity contribution >= 4 is 17.4 Å². The summed E-state index contributed by atoms with van der Waals surface area (Å²) >= 11 is 0. The molecule has 0 aliphatic carbocycles. The number of nitrogens with zero attached hydrogens (tertiary/aromatic N) is 1. The molecule has 1 atom stereocenters. The van der Waals surface area contributed by atoms with E-state index < -0.39 is 5.91 Å². The van der Waals surface area contributed by atoms with Gasteiger partial charge in [0.1, 0.15) is 11.6 Å². The minimum absolute atomic E-state index is 0.0645. The predicted octanol–water partition coefficient (Wildman–Crippen LogP) is 1.40. The van der Waals surface area contributed by atoms with Crippen molar-refractivity contribution in [2.24, 2.45) is 5.73 Å². The van der Waals surface area contributed by atoms with Gasteiger partial charge in [0.05, 0.1) is 23.7 Å². The Morgan fingerprint density at radius 1 is 1.58 bits per heavy atom. The molecule has 2 aromatic heterocycles. The number of anilines is 2. The van der Waals surface area contributed by atoms with E-state index in [1.807, 2.05) is 19.1 Å². The quantitative estimate of drug-likeness (QED) is 0.753. The zero-order chi connectivity index (χ0) is 13.8. The number of hydrogen-bond acceptors (Lipinski definition) is 5. The molecule has 0 aromatic carbocycles. The molecule has 19 heavy (non-hydrogen) atoms. The van der Waals surface area contributed by atoms with Gasteiger partial charge >= 0.3 is 0 Å². The van der Waals surface area contributed by atoms with Crippen LogP contribution in [0.25, 0.3) is 0 Å². The lowest BCUT2D eigenvalue weighted by molar-refractivity contribution is 0.100. The number of hydrogen-bond donors (Lipinski definition) is 3. The summed E-state index contributed by atoms with van der Waals surface area (Å²) in [7, 11) is 0. The van der Waals surface area contributed by atoms with Crippen molar-refractivity contribution in [3.63, 3.8) is 0 Å². The average Bonchev–Trinajstić information content (AvgIpc) is 2.83. The largest absolute Gasteiger partial charge is 0.469 e. The lowest BCUT2D eigenvalue weighted by Gasteiger charge is -2.16. The first kappa shape index (κ1) is 12.9. The van der Waals surface area contributed by atoms with Gasteiger partial charge in [0.25, 0.3) is 5.91 Å². The summed E-state index contributed by atoms with van der Waals surface area (Å²) in [4.78, 5) is 15.3. The van der Waals surface area contributed by atoms with Gasteiger partial charge in [0.2, 0.25) is 0 Å². The van der Waals surface area contributed by atoms with Gasteiger partial charge < -0.3 is 21.2 Å². The monoisotopic (exact) mass is 260 g/mol. The van der Waals surface area contributed by atoms with Crippen molar-refractivity contribution in [3.05, 3.63) is 42.0 Å². The molecule has 2 aromatic rings. The van der Waals surface area contributed by atoms with Crippen LogP contribution in [0.15, 0.2) is 35.1 Å². The van der Waals surface area contributed by atoms with Crippen LogP contribution < -0.4 is 16.8 Å². The Balaban J connectivity index is 2.12. The van der Waals surface area contributed by atoms with Crippen LogP contribution in [0.3, 0.4) is 0 Å². The summed E-state index contributed by atoms with van der Waals surface area (Å²) in [5.74, 6) is 0.587. The van der Waals surface area contributed by atoms with Gasteiger partial charge in [-0.25, -0.2) is 4.98 Å². The van der Waals surface area contributed by atoms with Gasteiger partial charge in [0.15, 0.2) is 0 Å². The number of carbonyl (C=O) groups is 1. The van der Waals surface area contributed by atoms with E-state index in [4.69, 9.17) is 15.9 Å². The molecule has 6 heteroatoms. The zero-order valence-electron chi connectivity index (χ0n) is 10.6. The van der Waals surface area contributed by atoms with E-state index in [1.54, 1.807) is 6.26 Å². The summed E-state index contributed by atoms with van der Waals surface area (Å²) in [6.45, 7) is 1.98. The minimum atomic E-state index is -0.540. The summed E-state index contributed by atoms with van der Waals surface area (Å²) in [5, 5.41) is 3.18. The van der Waals surface area contributed by atoms with E-state index in [-0.39, 0.29) is 11.9 Å². The zero-order valence-corrected chi connectivity index (χ0v) is 10.6. The SMILES string of the molecule is CC(Cc1ccco1)Nc1cnc(N)cc1C(N)=O. The molecule has 1 amide bonds. The number of carbonyl (C=O) groups excluding carboxylic acids is 1. The van der Waals surface area contributed by atoms with Crippen LogP contribution in [0.5, 0.6) is 0 Å². The van der Waals surface area contributed by atoms with Crippen LogP contribution >= 0.6 is 0 Å². The second kappa shape index (κ2) is 5.43. The van der Waals surface area contributed by atoms with E-state index in [0.29, 0.717) is 17.7 Å². The van der Waals surface area contributed by atoms with Crippen molar-refractivity contribution in [1.29, 1.82) is 0 Å². The Labute approximate surface area is 110 Å². The summed E-state index contributed by atoms with van der Waals surface area (Å²) in [6, 6.07) is 5.26. The van der Waals surface area contributed by atoms with Gasteiger partial charge in [0, 0.05) is 12.5 Å². The fraction of sp³-hybridized carbons (Fsp3) is 0.231. The van der Waals surface area contributed by atoms with E-state index >= 15 is 0 Å². The van der Waals surface area contributed by atoms with E-state index in [9.17, 15) is 4.79 Å². The average molecular weight is 260 g/mol. The molecular weight excluding hydrogens is 244 g/mol. The Bertz CT molecular complexity index is 566. The molecule has 0 saturated carbocycles. The highest BCUT2D eigenvalue weighted by Crippen LogP contribution is 2.18. The van der Waals surface area contributed by atoms with Gasteiger partial charge in [-0.2, -0.15) is 0 Å². The topological polar surface area (TPSA) is 107 Å². The summed E-state index contributed by atoms with van der Waals surface area (Å²) in [5.41, 5.74) is 11.8. The van der Waals surface area contributed by atoms with E-state index in [1.165, 1.54) is 12.3 Å². The van der Waals surface area contributed by atoms with Gasteiger partial charge in [-0.1, -0.05) is 0 Å². The highest BCUT2D eigenvalue weighted by atomic mass is 16.3. The Hall–Kier alpha value is -2.50. The fourth-order valence-corrected chi connectivity index (χ4v) is 1.84. The van der Waals surface area contributed by atoms with Crippen molar-refractivity contribution in [3.8, 4) is 0 Å². The first-order valence-electron chi connectivity index (χ1n) is 5.90. The Morgan fingerprint density at radius 2 is 2.37 bits per heavy atom. The maximum absolute atomic E-state index is 11.4. The number of aromatic nitrogens is 1. The molecule has 2 heterocycles. The molecule has 0 spiro atoms. The van der Waals surface area contributed by atoms with Crippen LogP contribution in [-0.2, 0) is 6.42 Å². The molecule has 0 aliphatic rings. The normalized spacial score (nSPS) is 12.1. The van der Waals surface area contributed by atoms with Crippen LogP contribution in [-0.4, -0.2) is 16.9 Å². The maximum atomic E-state index is 11.4. The molecule has 6 nitrogen and oxygen atoms in total. The molecule has 0 saturated heterocycles. The number of primary amides is 1. The smallest absolute Gasteiger partial charge is 0.250 e. The molecule has 2 rings (SSSR count). The van der Waals surface area contributed by atoms with Crippen LogP contribution in [0.4, 0.5) is 11.5 Å². The third kappa shape index (κ3) is 3.25. The second-order valence-electron chi connectivity index (χ2n) is 4.35. The molecule has 100 valence electrons. The van der Waals surface area contributed by atoms with Crippen LogP contribution in [0.1, 0.15) is 23.0 Å². The third-order valence-corrected chi connectivity index (χ3v) is 2.68. The van der Waals surface area contributed by atoms with Crippen molar-refractivity contribution in [2.45, 2.75) is 19.4 Å². The number of nitrogens with two attached hydrogens (primary N) is 2. The predicted molar refractivity (Wildman–Crippen MR) is 72.7 cm³/mol. The lowest BCUT2D eigenvalue weighted by atomic mass is 10.1. The molecule has 0 radical (unpaired) electrons. The second-order valence-corrected chi connectivity index (χ2v) is 4.35. The first-order valence-corrected chi connectivity index (χ1v) is 5.90. The van der Waals surface area contributed by atoms with Gasteiger partial charge in [-0.3, -0.25) is 4.79 Å². The Morgan fingerprint density at radius 3 is 3.00 bits per heavy atom. The lowest BCUT2D eigenvalue weighted by Crippen LogP contribution is -2.22. The van der Waals surface area contributed by atoms with Crippen molar-refractivity contribution in [1.82, 2.24) is 4.98 Å². The highest BCUT2D eigenvalue weighted by Gasteiger charge is 2.12.